The lowest BCUT2D eigenvalue weighted by Gasteiger charge is -2.00. The summed E-state index contributed by atoms with van der Waals surface area (Å²) in [7, 11) is 0. The van der Waals surface area contributed by atoms with E-state index in [0.29, 0.717) is 5.69 Å². The average Bonchev–Trinajstić information content (AvgIpc) is 2.37. The van der Waals surface area contributed by atoms with Crippen molar-refractivity contribution < 1.29 is 5.11 Å². The molecule has 1 aromatic heterocycles. The summed E-state index contributed by atoms with van der Waals surface area (Å²) < 4.78 is 0. The maximum Gasteiger partial charge on any atom is 0.285 e. The number of aromatic hydroxyl groups is 1. The molecule has 0 atom stereocenters. The number of H-pyrrole nitrogens is 1. The van der Waals surface area contributed by atoms with Crippen LogP contribution in [-0.2, 0) is 0 Å². The lowest BCUT2D eigenvalue weighted by atomic mass is 10.2. The number of benzene rings is 1. The number of hydrogen-bond donors (Lipinski definition) is 3. The number of aromatic amines is 1. The molecule has 3 N–H and O–H groups in total. The van der Waals surface area contributed by atoms with Crippen LogP contribution in [0.15, 0.2) is 40.4 Å². The smallest absolute Gasteiger partial charge is 0.285 e. The van der Waals surface area contributed by atoms with Gasteiger partial charge in [-0.3, -0.25) is 10.2 Å². The van der Waals surface area contributed by atoms with E-state index in [0.717, 1.165) is 5.56 Å². The summed E-state index contributed by atoms with van der Waals surface area (Å²) >= 11 is 5.74. The Morgan fingerprint density at radius 1 is 1.39 bits per heavy atom. The van der Waals surface area contributed by atoms with E-state index in [1.807, 2.05) is 0 Å². The molecule has 0 aliphatic heterocycles. The molecule has 0 aliphatic carbocycles. The van der Waals surface area contributed by atoms with Crippen LogP contribution in [0.25, 0.3) is 0 Å². The van der Waals surface area contributed by atoms with Crippen LogP contribution in [0, 0.1) is 0 Å². The molecule has 92 valence electrons. The Balaban J connectivity index is 2.09. The predicted molar refractivity (Wildman–Crippen MR) is 69.2 cm³/mol. The van der Waals surface area contributed by atoms with E-state index in [1.54, 1.807) is 24.3 Å². The number of nitrogens with one attached hydrogen (secondary N) is 2. The Morgan fingerprint density at radius 2 is 2.11 bits per heavy atom. The number of halogens is 1. The van der Waals surface area contributed by atoms with Crippen LogP contribution in [0.2, 0.25) is 5.02 Å². The van der Waals surface area contributed by atoms with E-state index in [-0.39, 0.29) is 10.8 Å². The van der Waals surface area contributed by atoms with Crippen molar-refractivity contribution in [2.75, 3.05) is 5.43 Å². The maximum absolute atomic E-state index is 11.1. The molecule has 0 amide bonds. The Hall–Kier alpha value is -2.34. The Bertz CT molecular complexity index is 622. The standard InChI is InChI=1S/C11H9ClN4O2/c12-10-9(6-14-16-11(10)18)15-13-5-7-1-3-8(17)4-2-7/h1-6,17H,(H2,15,16,18)/b13-5-. The van der Waals surface area contributed by atoms with E-state index in [1.165, 1.54) is 12.4 Å². The van der Waals surface area contributed by atoms with E-state index in [9.17, 15) is 4.79 Å². The second-order valence-electron chi connectivity index (χ2n) is 3.39. The van der Waals surface area contributed by atoms with Crippen LogP contribution in [-0.4, -0.2) is 21.5 Å². The molecular weight excluding hydrogens is 256 g/mol. The van der Waals surface area contributed by atoms with Crippen molar-refractivity contribution in [3.63, 3.8) is 0 Å². The number of aromatic nitrogens is 2. The van der Waals surface area contributed by atoms with E-state index in [4.69, 9.17) is 16.7 Å². The number of hydrazone groups is 1. The third-order valence-corrected chi connectivity index (χ3v) is 2.46. The molecule has 0 radical (unpaired) electrons. The topological polar surface area (TPSA) is 90.4 Å². The summed E-state index contributed by atoms with van der Waals surface area (Å²) in [5.74, 6) is 0.182. The molecule has 0 bridgehead atoms. The van der Waals surface area contributed by atoms with Gasteiger partial charge < -0.3 is 5.11 Å². The van der Waals surface area contributed by atoms with Gasteiger partial charge >= 0.3 is 0 Å². The minimum Gasteiger partial charge on any atom is -0.508 e. The fourth-order valence-electron chi connectivity index (χ4n) is 1.20. The van der Waals surface area contributed by atoms with Gasteiger partial charge in [-0.2, -0.15) is 10.2 Å². The minimum atomic E-state index is -0.485. The second kappa shape index (κ2) is 5.33. The molecular formula is C11H9ClN4O2. The highest BCUT2D eigenvalue weighted by molar-refractivity contribution is 6.32. The van der Waals surface area contributed by atoms with Crippen molar-refractivity contribution in [2.45, 2.75) is 0 Å². The highest BCUT2D eigenvalue weighted by Gasteiger charge is 2.02. The number of hydrogen-bond acceptors (Lipinski definition) is 5. The lowest BCUT2D eigenvalue weighted by molar-refractivity contribution is 0.475. The highest BCUT2D eigenvalue weighted by Crippen LogP contribution is 2.14. The molecule has 2 rings (SSSR count). The summed E-state index contributed by atoms with van der Waals surface area (Å²) in [6.45, 7) is 0. The summed E-state index contributed by atoms with van der Waals surface area (Å²) in [5.41, 5.74) is 3.23. The molecule has 1 heterocycles. The number of anilines is 1. The predicted octanol–water partition coefficient (Wildman–Crippen LogP) is 1.57. The van der Waals surface area contributed by atoms with Crippen molar-refractivity contribution in [2.24, 2.45) is 5.10 Å². The molecule has 0 saturated carbocycles. The number of nitrogens with zero attached hydrogens (tertiary/aromatic N) is 2. The molecule has 18 heavy (non-hydrogen) atoms. The van der Waals surface area contributed by atoms with E-state index in [2.05, 4.69) is 20.7 Å². The summed E-state index contributed by atoms with van der Waals surface area (Å²) in [4.78, 5) is 11.1. The molecule has 0 fully saturated rings. The summed E-state index contributed by atoms with van der Waals surface area (Å²) in [5, 5.41) is 18.8. The van der Waals surface area contributed by atoms with Crippen molar-refractivity contribution >= 4 is 23.5 Å². The fourth-order valence-corrected chi connectivity index (χ4v) is 1.33. The first-order valence-electron chi connectivity index (χ1n) is 4.98. The van der Waals surface area contributed by atoms with Crippen LogP contribution in [0.1, 0.15) is 5.56 Å². The Kier molecular flexibility index (Phi) is 3.59. The zero-order chi connectivity index (χ0) is 13.0. The first-order chi connectivity index (χ1) is 8.66. The van der Waals surface area contributed by atoms with Crippen LogP contribution < -0.4 is 11.0 Å². The second-order valence-corrected chi connectivity index (χ2v) is 3.77. The van der Waals surface area contributed by atoms with Gasteiger partial charge in [0.1, 0.15) is 16.5 Å². The van der Waals surface area contributed by atoms with Crippen LogP contribution in [0.4, 0.5) is 5.69 Å². The normalized spacial score (nSPS) is 10.7. The van der Waals surface area contributed by atoms with Gasteiger partial charge in [-0.25, -0.2) is 5.10 Å². The summed E-state index contributed by atoms with van der Waals surface area (Å²) in [6.07, 6.45) is 2.88. The number of phenolic OH excluding ortho intramolecular Hbond substituents is 1. The van der Waals surface area contributed by atoms with E-state index >= 15 is 0 Å². The van der Waals surface area contributed by atoms with Gasteiger partial charge in [0.2, 0.25) is 0 Å². The molecule has 1 aromatic carbocycles. The molecule has 0 saturated heterocycles. The van der Waals surface area contributed by atoms with Crippen molar-refractivity contribution in [1.82, 2.24) is 10.2 Å². The van der Waals surface area contributed by atoms with Gasteiger partial charge in [0.25, 0.3) is 5.56 Å². The molecule has 0 spiro atoms. The largest absolute Gasteiger partial charge is 0.508 e. The molecule has 0 aliphatic rings. The first kappa shape index (κ1) is 12.1. The summed E-state index contributed by atoms with van der Waals surface area (Å²) in [6, 6.07) is 6.47. The molecule has 2 aromatic rings. The quantitative estimate of drug-likeness (QED) is 0.580. The SMILES string of the molecule is O=c1[nH]ncc(N/N=C\c2ccc(O)cc2)c1Cl. The Labute approximate surface area is 107 Å². The first-order valence-corrected chi connectivity index (χ1v) is 5.36. The maximum atomic E-state index is 11.1. The Morgan fingerprint density at radius 3 is 2.83 bits per heavy atom. The van der Waals surface area contributed by atoms with Crippen molar-refractivity contribution in [1.29, 1.82) is 0 Å². The van der Waals surface area contributed by atoms with Crippen LogP contribution in [0.3, 0.4) is 0 Å². The van der Waals surface area contributed by atoms with Gasteiger partial charge in [0.05, 0.1) is 12.4 Å². The molecule has 0 unspecified atom stereocenters. The van der Waals surface area contributed by atoms with E-state index < -0.39 is 5.56 Å². The fraction of sp³-hybridized carbons (Fsp3) is 0. The molecule has 7 heteroatoms. The van der Waals surface area contributed by atoms with Gasteiger partial charge in [0.15, 0.2) is 0 Å². The third-order valence-electron chi connectivity index (χ3n) is 2.09. The number of phenols is 1. The average molecular weight is 265 g/mol. The minimum absolute atomic E-state index is 0.00661. The van der Waals surface area contributed by atoms with Gasteiger partial charge in [0, 0.05) is 0 Å². The number of rotatable bonds is 3. The van der Waals surface area contributed by atoms with Crippen LogP contribution in [0.5, 0.6) is 5.75 Å². The van der Waals surface area contributed by atoms with Crippen LogP contribution >= 0.6 is 11.6 Å². The monoisotopic (exact) mass is 264 g/mol. The zero-order valence-electron chi connectivity index (χ0n) is 9.09. The zero-order valence-corrected chi connectivity index (χ0v) is 9.85. The van der Waals surface area contributed by atoms with Gasteiger partial charge in [-0.05, 0) is 29.8 Å². The van der Waals surface area contributed by atoms with Gasteiger partial charge in [-0.15, -0.1) is 0 Å². The highest BCUT2D eigenvalue weighted by atomic mass is 35.5. The van der Waals surface area contributed by atoms with Gasteiger partial charge in [-0.1, -0.05) is 11.6 Å². The van der Waals surface area contributed by atoms with Crippen molar-refractivity contribution in [3.05, 3.63) is 51.4 Å². The third kappa shape index (κ3) is 2.86. The van der Waals surface area contributed by atoms with Crippen molar-refractivity contribution in [3.8, 4) is 5.75 Å². The molecule has 6 nitrogen and oxygen atoms in total. The lowest BCUT2D eigenvalue weighted by Crippen LogP contribution is -2.10.